The molecule has 0 N–H and O–H groups in total. The Balaban J connectivity index is 1.05. The van der Waals surface area contributed by atoms with Gasteiger partial charge in [0.2, 0.25) is 0 Å². The van der Waals surface area contributed by atoms with E-state index in [2.05, 4.69) is 203 Å². The summed E-state index contributed by atoms with van der Waals surface area (Å²) in [6, 6.07) is 68.8. The van der Waals surface area contributed by atoms with Crippen LogP contribution in [0.25, 0.3) is 98.7 Å². The fourth-order valence-corrected chi connectivity index (χ4v) is 8.46. The highest BCUT2D eigenvalue weighted by Crippen LogP contribution is 2.39. The van der Waals surface area contributed by atoms with Gasteiger partial charge in [0.1, 0.15) is 0 Å². The normalized spacial score (nSPS) is 11.8. The maximum Gasteiger partial charge on any atom is 0.0541 e. The van der Waals surface area contributed by atoms with Gasteiger partial charge < -0.3 is 9.13 Å². The van der Waals surface area contributed by atoms with Crippen molar-refractivity contribution < 1.29 is 0 Å². The summed E-state index contributed by atoms with van der Waals surface area (Å²) in [5.74, 6) is 0. The molecule has 0 bridgehead atoms. The Morgan fingerprint density at radius 3 is 1.65 bits per heavy atom. The first-order chi connectivity index (χ1) is 25.8. The molecule has 0 saturated carbocycles. The van der Waals surface area contributed by atoms with Crippen molar-refractivity contribution in [2.24, 2.45) is 0 Å². The second kappa shape index (κ2) is 11.3. The van der Waals surface area contributed by atoms with Gasteiger partial charge in [-0.3, -0.25) is 0 Å². The maximum atomic E-state index is 2.40. The van der Waals surface area contributed by atoms with E-state index in [-0.39, 0.29) is 0 Å². The van der Waals surface area contributed by atoms with E-state index in [9.17, 15) is 0 Å². The largest absolute Gasteiger partial charge is 0.317 e. The lowest BCUT2D eigenvalue weighted by atomic mass is 9.94. The van der Waals surface area contributed by atoms with Crippen molar-refractivity contribution in [3.63, 3.8) is 0 Å². The van der Waals surface area contributed by atoms with Crippen LogP contribution in [0.5, 0.6) is 0 Å². The van der Waals surface area contributed by atoms with Crippen LogP contribution in [-0.2, 0) is 0 Å². The third-order valence-corrected chi connectivity index (χ3v) is 10.9. The Kier molecular flexibility index (Phi) is 6.28. The third kappa shape index (κ3) is 4.38. The molecule has 242 valence electrons. The number of rotatable bonds is 4. The molecule has 2 aromatic heterocycles. The maximum absolute atomic E-state index is 2.40. The molecule has 0 unspecified atom stereocenters. The standard InChI is InChI=1S/C50H32N2/c1-2-11-33(12-3-1)35-13-10-14-39(29-35)52-48-20-9-8-19-45(48)47-30-36(23-26-49(47)52)37-22-21-34-27-28-51(50(34)31-37)38-24-25-44-42-17-5-4-15-40(42)41-16-6-7-18-43(41)46(44)32-38/h1-32H. The molecule has 0 amide bonds. The van der Waals surface area contributed by atoms with Crippen LogP contribution in [0.4, 0.5) is 0 Å². The third-order valence-electron chi connectivity index (χ3n) is 10.9. The van der Waals surface area contributed by atoms with E-state index >= 15 is 0 Å². The Bertz CT molecular complexity index is 3140. The number of hydrogen-bond donors (Lipinski definition) is 0. The molecule has 0 spiro atoms. The summed E-state index contributed by atoms with van der Waals surface area (Å²) in [6.45, 7) is 0. The van der Waals surface area contributed by atoms with Crippen LogP contribution in [0.3, 0.4) is 0 Å². The lowest BCUT2D eigenvalue weighted by Gasteiger charge is -2.13. The van der Waals surface area contributed by atoms with E-state index in [4.69, 9.17) is 0 Å². The highest BCUT2D eigenvalue weighted by Gasteiger charge is 2.15. The molecule has 0 saturated heterocycles. The van der Waals surface area contributed by atoms with Crippen molar-refractivity contribution in [1.29, 1.82) is 0 Å². The van der Waals surface area contributed by atoms with Crippen LogP contribution >= 0.6 is 0 Å². The summed E-state index contributed by atoms with van der Waals surface area (Å²) in [5.41, 5.74) is 10.8. The monoisotopic (exact) mass is 660 g/mol. The quantitative estimate of drug-likeness (QED) is 0.166. The molecule has 0 aliphatic rings. The first kappa shape index (κ1) is 28.9. The van der Waals surface area contributed by atoms with Crippen LogP contribution in [0.15, 0.2) is 194 Å². The summed E-state index contributed by atoms with van der Waals surface area (Å²) in [7, 11) is 0. The van der Waals surface area contributed by atoms with Gasteiger partial charge in [0.05, 0.1) is 16.6 Å². The second-order valence-electron chi connectivity index (χ2n) is 13.8. The van der Waals surface area contributed by atoms with Crippen LogP contribution < -0.4 is 0 Å². The van der Waals surface area contributed by atoms with Gasteiger partial charge in [0.25, 0.3) is 0 Å². The smallest absolute Gasteiger partial charge is 0.0541 e. The van der Waals surface area contributed by atoms with E-state index in [1.807, 2.05) is 0 Å². The summed E-state index contributed by atoms with van der Waals surface area (Å²) in [6.07, 6.45) is 2.21. The van der Waals surface area contributed by atoms with E-state index in [0.29, 0.717) is 0 Å². The van der Waals surface area contributed by atoms with Gasteiger partial charge in [-0.05, 0) is 115 Å². The second-order valence-corrected chi connectivity index (χ2v) is 13.8. The average molecular weight is 661 g/mol. The van der Waals surface area contributed by atoms with Crippen LogP contribution in [0, 0.1) is 0 Å². The zero-order valence-electron chi connectivity index (χ0n) is 28.4. The molecule has 11 aromatic rings. The number of para-hydroxylation sites is 1. The molecule has 2 nitrogen and oxygen atoms in total. The first-order valence-corrected chi connectivity index (χ1v) is 17.9. The number of benzene rings is 9. The van der Waals surface area contributed by atoms with Gasteiger partial charge in [-0.15, -0.1) is 0 Å². The molecule has 52 heavy (non-hydrogen) atoms. The Morgan fingerprint density at radius 2 is 0.865 bits per heavy atom. The molecular formula is C50H32N2. The first-order valence-electron chi connectivity index (χ1n) is 17.9. The number of fused-ring (bicyclic) bond motifs is 10. The van der Waals surface area contributed by atoms with Crippen LogP contribution in [-0.4, -0.2) is 9.13 Å². The molecule has 9 aromatic carbocycles. The number of hydrogen-bond acceptors (Lipinski definition) is 0. The molecule has 0 radical (unpaired) electrons. The molecule has 0 aliphatic heterocycles. The van der Waals surface area contributed by atoms with Gasteiger partial charge in [-0.2, -0.15) is 0 Å². The Hall–Kier alpha value is -6.90. The van der Waals surface area contributed by atoms with Gasteiger partial charge in [0, 0.05) is 28.3 Å². The number of aromatic nitrogens is 2. The lowest BCUT2D eigenvalue weighted by molar-refractivity contribution is 1.13. The zero-order valence-corrected chi connectivity index (χ0v) is 28.4. The van der Waals surface area contributed by atoms with Gasteiger partial charge in [-0.25, -0.2) is 0 Å². The van der Waals surface area contributed by atoms with Crippen molar-refractivity contribution in [3.8, 4) is 33.6 Å². The average Bonchev–Trinajstić information content (AvgIpc) is 3.80. The lowest BCUT2D eigenvalue weighted by Crippen LogP contribution is -1.94. The highest BCUT2D eigenvalue weighted by atomic mass is 15.0. The molecule has 0 atom stereocenters. The van der Waals surface area contributed by atoms with Crippen molar-refractivity contribution in [1.82, 2.24) is 9.13 Å². The molecule has 11 rings (SSSR count). The zero-order chi connectivity index (χ0) is 34.2. The molecule has 2 heteroatoms. The molecule has 0 aliphatic carbocycles. The van der Waals surface area contributed by atoms with Crippen LogP contribution in [0.1, 0.15) is 0 Å². The summed E-state index contributed by atoms with van der Waals surface area (Å²) < 4.78 is 4.74. The SMILES string of the molecule is c1ccc(-c2cccc(-n3c4ccccc4c4cc(-c5ccc6ccn(-c7ccc8c9ccccc9c9ccccc9c8c7)c6c5)ccc43)c2)cc1. The number of nitrogens with zero attached hydrogens (tertiary/aromatic N) is 2. The van der Waals surface area contributed by atoms with Gasteiger partial charge in [-0.1, -0.05) is 133 Å². The van der Waals surface area contributed by atoms with Crippen molar-refractivity contribution in [2.45, 2.75) is 0 Å². The van der Waals surface area contributed by atoms with Gasteiger partial charge in [0.15, 0.2) is 0 Å². The fraction of sp³-hybridized carbons (Fsp3) is 0. The molecule has 2 heterocycles. The van der Waals surface area contributed by atoms with E-state index in [1.54, 1.807) is 0 Å². The predicted octanol–water partition coefficient (Wildman–Crippen LogP) is 13.5. The minimum Gasteiger partial charge on any atom is -0.317 e. The minimum atomic E-state index is 1.16. The fourth-order valence-electron chi connectivity index (χ4n) is 8.46. The van der Waals surface area contributed by atoms with Crippen molar-refractivity contribution in [2.75, 3.05) is 0 Å². The summed E-state index contributed by atoms with van der Waals surface area (Å²) in [4.78, 5) is 0. The van der Waals surface area contributed by atoms with Crippen molar-refractivity contribution >= 4 is 65.0 Å². The van der Waals surface area contributed by atoms with E-state index in [0.717, 1.165) is 11.4 Å². The summed E-state index contributed by atoms with van der Waals surface area (Å²) >= 11 is 0. The van der Waals surface area contributed by atoms with E-state index < -0.39 is 0 Å². The minimum absolute atomic E-state index is 1.16. The highest BCUT2D eigenvalue weighted by molar-refractivity contribution is 6.25. The molecular weight excluding hydrogens is 629 g/mol. The van der Waals surface area contributed by atoms with Crippen molar-refractivity contribution in [3.05, 3.63) is 194 Å². The summed E-state index contributed by atoms with van der Waals surface area (Å²) in [5, 5.41) is 11.5. The van der Waals surface area contributed by atoms with Gasteiger partial charge >= 0.3 is 0 Å². The Morgan fingerprint density at radius 1 is 0.269 bits per heavy atom. The molecule has 0 fully saturated rings. The predicted molar refractivity (Wildman–Crippen MR) is 221 cm³/mol. The van der Waals surface area contributed by atoms with E-state index in [1.165, 1.54) is 87.3 Å². The topological polar surface area (TPSA) is 9.86 Å². The Labute approximate surface area is 301 Å². The van der Waals surface area contributed by atoms with Crippen LogP contribution in [0.2, 0.25) is 0 Å².